The lowest BCUT2D eigenvalue weighted by molar-refractivity contribution is 0.602. The van der Waals surface area contributed by atoms with Gasteiger partial charge in [0.1, 0.15) is 17.2 Å². The molecule has 3 rings (SSSR count). The van der Waals surface area contributed by atoms with Crippen LogP contribution in [-0.4, -0.2) is 21.1 Å². The topological polar surface area (TPSA) is 42.7 Å². The molecule has 0 aliphatic heterocycles. The molecule has 0 aliphatic rings. The van der Waals surface area contributed by atoms with Crippen LogP contribution in [0.15, 0.2) is 36.5 Å². The lowest BCUT2D eigenvalue weighted by atomic mass is 10.2. The Bertz CT molecular complexity index is 810. The summed E-state index contributed by atoms with van der Waals surface area (Å²) in [5, 5.41) is 3.39. The Morgan fingerprint density at radius 1 is 1.17 bits per heavy atom. The summed E-state index contributed by atoms with van der Waals surface area (Å²) in [6, 6.07) is 8.81. The second-order valence-corrected chi connectivity index (χ2v) is 5.67. The van der Waals surface area contributed by atoms with Crippen LogP contribution in [-0.2, 0) is 6.54 Å². The van der Waals surface area contributed by atoms with Crippen LogP contribution in [0.5, 0.6) is 0 Å². The van der Waals surface area contributed by atoms with Crippen molar-refractivity contribution >= 4 is 16.9 Å². The SMILES string of the molecule is CCCCNc1nc(C)nc2ccn(Cc3ccccc3F)c12. The second kappa shape index (κ2) is 6.77. The molecule has 1 N–H and O–H groups in total. The van der Waals surface area contributed by atoms with E-state index >= 15 is 0 Å². The van der Waals surface area contributed by atoms with E-state index in [1.54, 1.807) is 12.1 Å². The Morgan fingerprint density at radius 3 is 2.78 bits per heavy atom. The minimum atomic E-state index is -0.192. The highest BCUT2D eigenvalue weighted by Crippen LogP contribution is 2.23. The van der Waals surface area contributed by atoms with Gasteiger partial charge in [-0.1, -0.05) is 31.5 Å². The fourth-order valence-electron chi connectivity index (χ4n) is 2.67. The van der Waals surface area contributed by atoms with E-state index in [1.807, 2.05) is 29.8 Å². The molecule has 0 unspecified atom stereocenters. The minimum absolute atomic E-state index is 0.192. The second-order valence-electron chi connectivity index (χ2n) is 5.67. The lowest BCUT2D eigenvalue weighted by Gasteiger charge is -2.12. The maximum Gasteiger partial charge on any atom is 0.154 e. The first-order chi connectivity index (χ1) is 11.2. The third-order valence-electron chi connectivity index (χ3n) is 3.84. The molecule has 23 heavy (non-hydrogen) atoms. The zero-order chi connectivity index (χ0) is 16.2. The van der Waals surface area contributed by atoms with Crippen molar-refractivity contribution in [2.45, 2.75) is 33.2 Å². The molecule has 1 aromatic carbocycles. The molecule has 0 radical (unpaired) electrons. The first-order valence-electron chi connectivity index (χ1n) is 8.00. The molecule has 0 aliphatic carbocycles. The molecule has 0 fully saturated rings. The number of anilines is 1. The van der Waals surface area contributed by atoms with Crippen molar-refractivity contribution in [3.8, 4) is 0 Å². The van der Waals surface area contributed by atoms with E-state index in [0.717, 1.165) is 42.1 Å². The number of fused-ring (bicyclic) bond motifs is 1. The largest absolute Gasteiger partial charge is 0.368 e. The molecule has 3 aromatic rings. The standard InChI is InChI=1S/C18H21FN4/c1-3-4-10-20-18-17-16(21-13(2)22-18)9-11-23(17)12-14-7-5-6-8-15(14)19/h5-9,11H,3-4,10,12H2,1-2H3,(H,20,21,22). The fourth-order valence-corrected chi connectivity index (χ4v) is 2.67. The highest BCUT2D eigenvalue weighted by Gasteiger charge is 2.12. The molecule has 120 valence electrons. The zero-order valence-corrected chi connectivity index (χ0v) is 13.5. The Balaban J connectivity index is 1.99. The minimum Gasteiger partial charge on any atom is -0.368 e. The van der Waals surface area contributed by atoms with Crippen LogP contribution >= 0.6 is 0 Å². The average Bonchev–Trinajstić information content (AvgIpc) is 2.92. The third kappa shape index (κ3) is 3.33. The Labute approximate surface area is 135 Å². The number of hydrogen-bond donors (Lipinski definition) is 1. The van der Waals surface area contributed by atoms with E-state index in [2.05, 4.69) is 22.2 Å². The van der Waals surface area contributed by atoms with Crippen molar-refractivity contribution in [1.29, 1.82) is 0 Å². The van der Waals surface area contributed by atoms with Gasteiger partial charge in [-0.05, 0) is 25.5 Å². The smallest absolute Gasteiger partial charge is 0.154 e. The van der Waals surface area contributed by atoms with E-state index in [9.17, 15) is 4.39 Å². The fraction of sp³-hybridized carbons (Fsp3) is 0.333. The van der Waals surface area contributed by atoms with Crippen LogP contribution in [0.1, 0.15) is 31.2 Å². The molecule has 4 nitrogen and oxygen atoms in total. The molecule has 0 saturated carbocycles. The molecule has 0 saturated heterocycles. The maximum atomic E-state index is 13.9. The number of aromatic nitrogens is 3. The Hall–Kier alpha value is -2.43. The normalized spacial score (nSPS) is 11.1. The number of nitrogens with one attached hydrogen (secondary N) is 1. The molecule has 2 aromatic heterocycles. The number of hydrogen-bond acceptors (Lipinski definition) is 3. The van der Waals surface area contributed by atoms with Crippen molar-refractivity contribution < 1.29 is 4.39 Å². The van der Waals surface area contributed by atoms with E-state index in [0.29, 0.717) is 12.1 Å². The van der Waals surface area contributed by atoms with E-state index in [4.69, 9.17) is 0 Å². The summed E-state index contributed by atoms with van der Waals surface area (Å²) in [6.45, 7) is 5.38. The van der Waals surface area contributed by atoms with Gasteiger partial charge in [-0.2, -0.15) is 0 Å². The Kier molecular flexibility index (Phi) is 4.55. The van der Waals surface area contributed by atoms with Gasteiger partial charge in [-0.25, -0.2) is 14.4 Å². The molecule has 5 heteroatoms. The van der Waals surface area contributed by atoms with Crippen molar-refractivity contribution in [1.82, 2.24) is 14.5 Å². The number of unbranched alkanes of at least 4 members (excludes halogenated alkanes) is 1. The quantitative estimate of drug-likeness (QED) is 0.696. The third-order valence-corrected chi connectivity index (χ3v) is 3.84. The van der Waals surface area contributed by atoms with Crippen LogP contribution in [0.3, 0.4) is 0 Å². The van der Waals surface area contributed by atoms with Gasteiger partial charge in [0, 0.05) is 18.3 Å². The molecule has 0 atom stereocenters. The first-order valence-corrected chi connectivity index (χ1v) is 8.00. The van der Waals surface area contributed by atoms with Crippen LogP contribution in [0.25, 0.3) is 11.0 Å². The van der Waals surface area contributed by atoms with Crippen molar-refractivity contribution in [3.63, 3.8) is 0 Å². The van der Waals surface area contributed by atoms with Crippen molar-refractivity contribution in [2.75, 3.05) is 11.9 Å². The van der Waals surface area contributed by atoms with Gasteiger partial charge in [0.2, 0.25) is 0 Å². The maximum absolute atomic E-state index is 13.9. The van der Waals surface area contributed by atoms with E-state index in [-0.39, 0.29) is 5.82 Å². The van der Waals surface area contributed by atoms with Crippen LogP contribution in [0, 0.1) is 12.7 Å². The van der Waals surface area contributed by atoms with Gasteiger partial charge in [0.05, 0.1) is 12.1 Å². The highest BCUT2D eigenvalue weighted by atomic mass is 19.1. The van der Waals surface area contributed by atoms with Crippen molar-refractivity contribution in [3.05, 3.63) is 53.7 Å². The number of rotatable bonds is 6. The summed E-state index contributed by atoms with van der Waals surface area (Å²) < 4.78 is 15.9. The predicted octanol–water partition coefficient (Wildman–Crippen LogP) is 4.14. The van der Waals surface area contributed by atoms with Gasteiger partial charge in [0.25, 0.3) is 0 Å². The molecule has 2 heterocycles. The van der Waals surface area contributed by atoms with E-state index in [1.165, 1.54) is 6.07 Å². The number of benzene rings is 1. The van der Waals surface area contributed by atoms with Crippen LogP contribution in [0.2, 0.25) is 0 Å². The summed E-state index contributed by atoms with van der Waals surface area (Å²) in [4.78, 5) is 9.02. The molecule has 0 amide bonds. The monoisotopic (exact) mass is 312 g/mol. The number of nitrogens with zero attached hydrogens (tertiary/aromatic N) is 3. The summed E-state index contributed by atoms with van der Waals surface area (Å²) in [6.07, 6.45) is 4.14. The van der Waals surface area contributed by atoms with Gasteiger partial charge >= 0.3 is 0 Å². The summed E-state index contributed by atoms with van der Waals surface area (Å²) in [5.41, 5.74) is 2.47. The van der Waals surface area contributed by atoms with Crippen LogP contribution in [0.4, 0.5) is 10.2 Å². The van der Waals surface area contributed by atoms with Gasteiger partial charge in [-0.15, -0.1) is 0 Å². The highest BCUT2D eigenvalue weighted by molar-refractivity contribution is 5.86. The van der Waals surface area contributed by atoms with Crippen LogP contribution < -0.4 is 5.32 Å². The molecular formula is C18H21FN4. The summed E-state index contributed by atoms with van der Waals surface area (Å²) >= 11 is 0. The van der Waals surface area contributed by atoms with Crippen molar-refractivity contribution in [2.24, 2.45) is 0 Å². The van der Waals surface area contributed by atoms with Gasteiger partial charge < -0.3 is 9.88 Å². The van der Waals surface area contributed by atoms with Gasteiger partial charge in [0.15, 0.2) is 5.82 Å². The predicted molar refractivity (Wildman–Crippen MR) is 91.2 cm³/mol. The number of halogens is 1. The zero-order valence-electron chi connectivity index (χ0n) is 13.5. The van der Waals surface area contributed by atoms with E-state index < -0.39 is 0 Å². The Morgan fingerprint density at radius 2 is 2.00 bits per heavy atom. The average molecular weight is 312 g/mol. The number of aryl methyl sites for hydroxylation is 1. The summed E-state index contributed by atoms with van der Waals surface area (Å²) in [7, 11) is 0. The molecule has 0 bridgehead atoms. The first kappa shape index (κ1) is 15.5. The lowest BCUT2D eigenvalue weighted by Crippen LogP contribution is -2.08. The van der Waals surface area contributed by atoms with Gasteiger partial charge in [-0.3, -0.25) is 0 Å². The molecule has 0 spiro atoms. The summed E-state index contributed by atoms with van der Waals surface area (Å²) in [5.74, 6) is 1.37. The molecular weight excluding hydrogens is 291 g/mol.